The number of amides is 3. The Bertz CT molecular complexity index is 1130. The van der Waals surface area contributed by atoms with Gasteiger partial charge in [0, 0.05) is 24.3 Å². The molecule has 0 aliphatic heterocycles. The van der Waals surface area contributed by atoms with Crippen molar-refractivity contribution in [1.29, 1.82) is 0 Å². The molecule has 0 spiro atoms. The molecule has 1 heterocycles. The molecular weight excluding hydrogens is 422 g/mol. The van der Waals surface area contributed by atoms with Crippen LogP contribution >= 0.6 is 0 Å². The van der Waals surface area contributed by atoms with E-state index in [0.717, 1.165) is 18.2 Å². The maximum Gasteiger partial charge on any atom is 0.276 e. The number of imidazole rings is 1. The highest BCUT2D eigenvalue weighted by atomic mass is 19.1. The second-order valence-corrected chi connectivity index (χ2v) is 6.60. The molecule has 0 fully saturated rings. The number of likely N-dealkylation sites (N-methyl/N-ethyl adjacent to an activating group) is 1. The van der Waals surface area contributed by atoms with Gasteiger partial charge in [0.25, 0.3) is 17.7 Å². The monoisotopic (exact) mass is 442 g/mol. The van der Waals surface area contributed by atoms with E-state index < -0.39 is 29.4 Å². The maximum absolute atomic E-state index is 14.4. The standard InChI is InChI=1S/C21H20F2N6O3/c1-24-8-9-25-20(31)17-18(27-11-26-17)21(32)28-14-6-7-16(15(23)10-14)29-19(30)12-2-4-13(22)5-3-12/h2-7,10-11,24H,8-9H2,1H3,(H,25,31)(H,26,27)(H,28,32)(H,29,30). The zero-order chi connectivity index (χ0) is 23.1. The first-order valence-corrected chi connectivity index (χ1v) is 9.53. The number of carbonyl (C=O) groups excluding carboxylic acids is 3. The van der Waals surface area contributed by atoms with Crippen molar-refractivity contribution in [1.82, 2.24) is 20.6 Å². The van der Waals surface area contributed by atoms with Crippen LogP contribution in [0.1, 0.15) is 31.3 Å². The average molecular weight is 442 g/mol. The van der Waals surface area contributed by atoms with Crippen molar-refractivity contribution in [3.63, 3.8) is 0 Å². The van der Waals surface area contributed by atoms with Gasteiger partial charge in [0.1, 0.15) is 17.3 Å². The number of hydrogen-bond acceptors (Lipinski definition) is 5. The summed E-state index contributed by atoms with van der Waals surface area (Å²) in [7, 11) is 1.74. The molecule has 32 heavy (non-hydrogen) atoms. The van der Waals surface area contributed by atoms with Crippen molar-refractivity contribution in [2.24, 2.45) is 0 Å². The first-order chi connectivity index (χ1) is 15.4. The highest BCUT2D eigenvalue weighted by molar-refractivity contribution is 6.10. The lowest BCUT2D eigenvalue weighted by atomic mass is 10.2. The minimum Gasteiger partial charge on any atom is -0.349 e. The number of aromatic amines is 1. The van der Waals surface area contributed by atoms with E-state index in [1.807, 2.05) is 0 Å². The van der Waals surface area contributed by atoms with Crippen LogP contribution in [0.15, 0.2) is 48.8 Å². The zero-order valence-electron chi connectivity index (χ0n) is 17.0. The van der Waals surface area contributed by atoms with E-state index >= 15 is 0 Å². The van der Waals surface area contributed by atoms with Gasteiger partial charge in [0.15, 0.2) is 5.69 Å². The Morgan fingerprint density at radius 2 is 1.69 bits per heavy atom. The minimum absolute atomic E-state index is 0.0257. The van der Waals surface area contributed by atoms with Crippen LogP contribution in [0.4, 0.5) is 20.2 Å². The molecule has 2 aromatic carbocycles. The summed E-state index contributed by atoms with van der Waals surface area (Å²) < 4.78 is 27.4. The number of H-pyrrole nitrogens is 1. The van der Waals surface area contributed by atoms with Gasteiger partial charge in [0.05, 0.1) is 12.0 Å². The Labute approximate surface area is 181 Å². The normalized spacial score (nSPS) is 10.5. The fraction of sp³-hybridized carbons (Fsp3) is 0.143. The van der Waals surface area contributed by atoms with Gasteiger partial charge in [0.2, 0.25) is 0 Å². The van der Waals surface area contributed by atoms with Crippen LogP contribution in [-0.2, 0) is 0 Å². The Balaban J connectivity index is 1.66. The first-order valence-electron chi connectivity index (χ1n) is 9.53. The summed E-state index contributed by atoms with van der Waals surface area (Å²) in [5.74, 6) is -3.14. The summed E-state index contributed by atoms with van der Waals surface area (Å²) in [6, 6.07) is 8.43. The zero-order valence-corrected chi connectivity index (χ0v) is 17.0. The Kier molecular flexibility index (Phi) is 7.24. The predicted molar refractivity (Wildman–Crippen MR) is 114 cm³/mol. The predicted octanol–water partition coefficient (Wildman–Crippen LogP) is 2.14. The van der Waals surface area contributed by atoms with Crippen molar-refractivity contribution in [3.05, 3.63) is 77.4 Å². The lowest BCUT2D eigenvalue weighted by molar-refractivity contribution is 0.0935. The largest absolute Gasteiger partial charge is 0.349 e. The molecule has 0 atom stereocenters. The van der Waals surface area contributed by atoms with E-state index in [0.29, 0.717) is 13.1 Å². The molecule has 3 aromatic rings. The number of carbonyl (C=O) groups is 3. The first kappa shape index (κ1) is 22.6. The summed E-state index contributed by atoms with van der Waals surface area (Å²) in [5.41, 5.74) is -0.0518. The van der Waals surface area contributed by atoms with Crippen LogP contribution in [0.2, 0.25) is 0 Å². The number of halogens is 2. The van der Waals surface area contributed by atoms with Crippen molar-refractivity contribution in [2.45, 2.75) is 0 Å². The molecule has 9 nitrogen and oxygen atoms in total. The molecule has 166 valence electrons. The van der Waals surface area contributed by atoms with Crippen molar-refractivity contribution in [3.8, 4) is 0 Å². The molecule has 3 rings (SSSR count). The minimum atomic E-state index is -0.801. The quantitative estimate of drug-likeness (QED) is 0.342. The second-order valence-electron chi connectivity index (χ2n) is 6.60. The number of hydrogen-bond donors (Lipinski definition) is 5. The van der Waals surface area contributed by atoms with Crippen LogP contribution in [0.5, 0.6) is 0 Å². The van der Waals surface area contributed by atoms with Crippen LogP contribution in [-0.4, -0.2) is 47.8 Å². The molecule has 0 radical (unpaired) electrons. The molecule has 1 aromatic heterocycles. The second kappa shape index (κ2) is 10.3. The van der Waals surface area contributed by atoms with E-state index in [-0.39, 0.29) is 28.3 Å². The number of rotatable bonds is 8. The fourth-order valence-corrected chi connectivity index (χ4v) is 2.71. The van der Waals surface area contributed by atoms with E-state index in [1.54, 1.807) is 7.05 Å². The van der Waals surface area contributed by atoms with Crippen molar-refractivity contribution >= 4 is 29.1 Å². The summed E-state index contributed by atoms with van der Waals surface area (Å²) in [4.78, 5) is 43.3. The van der Waals surface area contributed by atoms with Crippen LogP contribution in [0.25, 0.3) is 0 Å². The van der Waals surface area contributed by atoms with Crippen LogP contribution < -0.4 is 21.3 Å². The lowest BCUT2D eigenvalue weighted by Crippen LogP contribution is -2.32. The van der Waals surface area contributed by atoms with E-state index in [2.05, 4.69) is 31.2 Å². The van der Waals surface area contributed by atoms with E-state index in [4.69, 9.17) is 0 Å². The van der Waals surface area contributed by atoms with Crippen molar-refractivity contribution in [2.75, 3.05) is 30.8 Å². The lowest BCUT2D eigenvalue weighted by Gasteiger charge is -2.10. The molecule has 3 amide bonds. The number of benzene rings is 2. The Morgan fingerprint density at radius 1 is 0.938 bits per heavy atom. The van der Waals surface area contributed by atoms with Gasteiger partial charge >= 0.3 is 0 Å². The Hall–Kier alpha value is -4.12. The van der Waals surface area contributed by atoms with Gasteiger partial charge in [-0.25, -0.2) is 13.8 Å². The topological polar surface area (TPSA) is 128 Å². The fourth-order valence-electron chi connectivity index (χ4n) is 2.71. The van der Waals surface area contributed by atoms with Gasteiger partial charge < -0.3 is 26.3 Å². The third-order valence-corrected chi connectivity index (χ3v) is 4.32. The number of nitrogens with zero attached hydrogens (tertiary/aromatic N) is 1. The molecule has 11 heteroatoms. The molecule has 0 bridgehead atoms. The van der Waals surface area contributed by atoms with Gasteiger partial charge in [-0.15, -0.1) is 0 Å². The van der Waals surface area contributed by atoms with E-state index in [1.165, 1.54) is 30.6 Å². The highest BCUT2D eigenvalue weighted by Crippen LogP contribution is 2.20. The van der Waals surface area contributed by atoms with E-state index in [9.17, 15) is 23.2 Å². The molecular formula is C21H20F2N6O3. The maximum atomic E-state index is 14.4. The molecule has 0 saturated carbocycles. The highest BCUT2D eigenvalue weighted by Gasteiger charge is 2.20. The third kappa shape index (κ3) is 5.52. The summed E-state index contributed by atoms with van der Waals surface area (Å²) in [6.45, 7) is 0.899. The average Bonchev–Trinajstić information content (AvgIpc) is 3.26. The van der Waals surface area contributed by atoms with Crippen molar-refractivity contribution < 1.29 is 23.2 Å². The third-order valence-electron chi connectivity index (χ3n) is 4.32. The summed E-state index contributed by atoms with van der Waals surface area (Å²) in [6.07, 6.45) is 1.20. The molecule has 0 saturated heterocycles. The summed E-state index contributed by atoms with van der Waals surface area (Å²) >= 11 is 0. The van der Waals surface area contributed by atoms with Crippen LogP contribution in [0.3, 0.4) is 0 Å². The van der Waals surface area contributed by atoms with Gasteiger partial charge in [-0.3, -0.25) is 14.4 Å². The number of anilines is 2. The van der Waals surface area contributed by atoms with Gasteiger partial charge in [-0.2, -0.15) is 0 Å². The molecule has 0 aliphatic rings. The van der Waals surface area contributed by atoms with Gasteiger partial charge in [-0.1, -0.05) is 0 Å². The Morgan fingerprint density at radius 3 is 2.38 bits per heavy atom. The van der Waals surface area contributed by atoms with Gasteiger partial charge in [-0.05, 0) is 49.5 Å². The smallest absolute Gasteiger partial charge is 0.276 e. The number of nitrogens with one attached hydrogen (secondary N) is 5. The molecule has 0 unspecified atom stereocenters. The molecule has 5 N–H and O–H groups in total. The molecule has 0 aliphatic carbocycles. The van der Waals surface area contributed by atoms with Crippen LogP contribution in [0, 0.1) is 11.6 Å². The summed E-state index contributed by atoms with van der Waals surface area (Å²) in [5, 5.41) is 10.3. The number of aromatic nitrogens is 2. The SMILES string of the molecule is CNCCNC(=O)c1[nH]cnc1C(=O)Nc1ccc(NC(=O)c2ccc(F)cc2)c(F)c1.